The molecule has 0 unspecified atom stereocenters. The Kier molecular flexibility index (Phi) is 1.28. The van der Waals surface area contributed by atoms with E-state index in [1.54, 1.807) is 0 Å². The molecule has 0 saturated heterocycles. The van der Waals surface area contributed by atoms with Crippen molar-refractivity contribution in [1.29, 1.82) is 0 Å². The first-order chi connectivity index (χ1) is 3.55. The van der Waals surface area contributed by atoms with Crippen LogP contribution in [0.4, 0.5) is 0 Å². The van der Waals surface area contributed by atoms with Gasteiger partial charge in [-0.05, 0) is 0 Å². The van der Waals surface area contributed by atoms with Gasteiger partial charge >= 0.3 is 0 Å². The molecule has 1 nitrogen and oxygen atoms in total. The average Bonchev–Trinajstić information content (AvgIpc) is 1.68. The van der Waals surface area contributed by atoms with Crippen molar-refractivity contribution in [2.24, 2.45) is 5.92 Å². The molecule has 1 aliphatic carbocycles. The molecule has 1 fully saturated rings. The molecule has 8 heavy (non-hydrogen) atoms. The maximum absolute atomic E-state index is 10.5. The number of carbonyl (C=O) groups excluding carboxylic acids is 1. The van der Waals surface area contributed by atoms with E-state index in [-0.39, 0.29) is 11.7 Å². The molecule has 1 saturated carbocycles. The minimum atomic E-state index is -1.06. The Morgan fingerprint density at radius 1 is 1.75 bits per heavy atom. The molecule has 0 bridgehead atoms. The number of Topliss-reactive ketones (excluding diaryl/α,β-unsaturated/α-hetero) is 1. The van der Waals surface area contributed by atoms with Gasteiger partial charge in [-0.15, -0.1) is 0 Å². The molecular weight excluding hydrogens is 147 g/mol. The molecular formula is C5H6Cl2O. The molecule has 0 aromatic heterocycles. The molecule has 1 rings (SSSR count). The number of rotatable bonds is 0. The summed E-state index contributed by atoms with van der Waals surface area (Å²) in [5, 5.41) is 0. The van der Waals surface area contributed by atoms with E-state index in [1.807, 2.05) is 6.92 Å². The zero-order chi connectivity index (χ0) is 6.36. The third-order valence-corrected chi connectivity index (χ3v) is 2.65. The number of hydrogen-bond donors (Lipinski definition) is 0. The fraction of sp³-hybridized carbons (Fsp3) is 0.800. The van der Waals surface area contributed by atoms with Gasteiger partial charge in [-0.2, -0.15) is 0 Å². The van der Waals surface area contributed by atoms with Crippen LogP contribution >= 0.6 is 23.2 Å². The first-order valence-corrected chi connectivity index (χ1v) is 3.22. The normalized spacial score (nSPS) is 34.4. The third kappa shape index (κ3) is 0.652. The molecule has 3 heteroatoms. The lowest BCUT2D eigenvalue weighted by Gasteiger charge is -2.34. The summed E-state index contributed by atoms with van der Waals surface area (Å²) in [6.07, 6.45) is 0.535. The van der Waals surface area contributed by atoms with E-state index in [0.717, 1.165) is 0 Å². The second kappa shape index (κ2) is 1.61. The van der Waals surface area contributed by atoms with Gasteiger partial charge in [0.15, 0.2) is 10.1 Å². The van der Waals surface area contributed by atoms with Crippen molar-refractivity contribution in [3.05, 3.63) is 0 Å². The minimum Gasteiger partial charge on any atom is -0.296 e. The van der Waals surface area contributed by atoms with E-state index in [2.05, 4.69) is 0 Å². The fourth-order valence-electron chi connectivity index (χ4n) is 0.686. The number of halogens is 2. The Labute approximate surface area is 58.0 Å². The lowest BCUT2D eigenvalue weighted by Crippen LogP contribution is -2.45. The Hall–Kier alpha value is 0.250. The average molecular weight is 153 g/mol. The minimum absolute atomic E-state index is 0.0478. The van der Waals surface area contributed by atoms with Gasteiger partial charge in [0.05, 0.1) is 0 Å². The highest BCUT2D eigenvalue weighted by Gasteiger charge is 2.49. The summed E-state index contributed by atoms with van der Waals surface area (Å²) in [6.45, 7) is 1.86. The SMILES string of the molecule is C[C@@H]1CC(=O)C1(Cl)Cl. The van der Waals surface area contributed by atoms with Crippen LogP contribution in [0, 0.1) is 5.92 Å². The Morgan fingerprint density at radius 2 is 2.25 bits per heavy atom. The van der Waals surface area contributed by atoms with Crippen molar-refractivity contribution in [3.63, 3.8) is 0 Å². The molecule has 0 spiro atoms. The van der Waals surface area contributed by atoms with Crippen molar-refractivity contribution in [2.75, 3.05) is 0 Å². The van der Waals surface area contributed by atoms with E-state index in [1.165, 1.54) is 0 Å². The van der Waals surface area contributed by atoms with Gasteiger partial charge < -0.3 is 0 Å². The summed E-state index contributed by atoms with van der Waals surface area (Å²) in [4.78, 5) is 10.5. The molecule has 0 aromatic rings. The Balaban J connectivity index is 2.66. The standard InChI is InChI=1S/C5H6Cl2O/c1-3-2-4(8)5(3,6)7/h3H,2H2,1H3/t3-/m1/s1. The molecule has 0 aliphatic heterocycles. The number of hydrogen-bond acceptors (Lipinski definition) is 1. The lowest BCUT2D eigenvalue weighted by atomic mass is 9.84. The second-order valence-corrected chi connectivity index (χ2v) is 3.54. The zero-order valence-electron chi connectivity index (χ0n) is 4.45. The summed E-state index contributed by atoms with van der Waals surface area (Å²) < 4.78 is -1.06. The van der Waals surface area contributed by atoms with Crippen LogP contribution in [0.15, 0.2) is 0 Å². The zero-order valence-corrected chi connectivity index (χ0v) is 5.96. The molecule has 1 atom stereocenters. The van der Waals surface area contributed by atoms with Gasteiger partial charge in [-0.25, -0.2) is 0 Å². The first-order valence-electron chi connectivity index (χ1n) is 2.46. The van der Waals surface area contributed by atoms with Crippen molar-refractivity contribution < 1.29 is 4.79 Å². The van der Waals surface area contributed by atoms with Crippen LogP contribution < -0.4 is 0 Å². The first kappa shape index (κ1) is 6.37. The van der Waals surface area contributed by atoms with E-state index in [9.17, 15) is 4.79 Å². The van der Waals surface area contributed by atoms with Crippen LogP contribution in [0.5, 0.6) is 0 Å². The van der Waals surface area contributed by atoms with Crippen LogP contribution in [-0.2, 0) is 4.79 Å². The highest BCUT2D eigenvalue weighted by Crippen LogP contribution is 2.43. The third-order valence-electron chi connectivity index (χ3n) is 1.48. The molecule has 0 N–H and O–H groups in total. The van der Waals surface area contributed by atoms with E-state index in [0.29, 0.717) is 6.42 Å². The summed E-state index contributed by atoms with van der Waals surface area (Å²) in [5.74, 6) is 0.0895. The predicted octanol–water partition coefficient (Wildman–Crippen LogP) is 1.77. The van der Waals surface area contributed by atoms with E-state index < -0.39 is 4.33 Å². The largest absolute Gasteiger partial charge is 0.296 e. The molecule has 1 aliphatic rings. The monoisotopic (exact) mass is 152 g/mol. The smallest absolute Gasteiger partial charge is 0.178 e. The van der Waals surface area contributed by atoms with Gasteiger partial charge in [0.2, 0.25) is 0 Å². The molecule has 0 amide bonds. The summed E-state index contributed by atoms with van der Waals surface area (Å²) in [6, 6.07) is 0. The quantitative estimate of drug-likeness (QED) is 0.484. The van der Waals surface area contributed by atoms with Crippen molar-refractivity contribution in [1.82, 2.24) is 0 Å². The van der Waals surface area contributed by atoms with Crippen molar-refractivity contribution in [2.45, 2.75) is 17.7 Å². The lowest BCUT2D eigenvalue weighted by molar-refractivity contribution is -0.127. The van der Waals surface area contributed by atoms with Gasteiger partial charge in [0, 0.05) is 12.3 Å². The van der Waals surface area contributed by atoms with E-state index >= 15 is 0 Å². The van der Waals surface area contributed by atoms with Crippen LogP contribution in [0.1, 0.15) is 13.3 Å². The van der Waals surface area contributed by atoms with Gasteiger partial charge in [0.25, 0.3) is 0 Å². The maximum Gasteiger partial charge on any atom is 0.178 e. The molecule has 0 aromatic carbocycles. The number of alkyl halides is 2. The summed E-state index contributed by atoms with van der Waals surface area (Å²) in [5.41, 5.74) is 0. The Bertz CT molecular complexity index is 130. The Morgan fingerprint density at radius 3 is 2.25 bits per heavy atom. The summed E-state index contributed by atoms with van der Waals surface area (Å²) in [7, 11) is 0. The maximum atomic E-state index is 10.5. The molecule has 0 heterocycles. The highest BCUT2D eigenvalue weighted by atomic mass is 35.5. The second-order valence-electron chi connectivity index (χ2n) is 2.15. The van der Waals surface area contributed by atoms with Crippen molar-refractivity contribution in [3.8, 4) is 0 Å². The summed E-state index contributed by atoms with van der Waals surface area (Å²) >= 11 is 11.0. The van der Waals surface area contributed by atoms with Gasteiger partial charge in [-0.1, -0.05) is 30.1 Å². The molecule has 0 radical (unpaired) electrons. The fourth-order valence-corrected chi connectivity index (χ4v) is 0.995. The van der Waals surface area contributed by atoms with E-state index in [4.69, 9.17) is 23.2 Å². The van der Waals surface area contributed by atoms with Crippen LogP contribution in [0.3, 0.4) is 0 Å². The van der Waals surface area contributed by atoms with Gasteiger partial charge in [0.1, 0.15) is 0 Å². The van der Waals surface area contributed by atoms with Crippen LogP contribution in [-0.4, -0.2) is 10.1 Å². The van der Waals surface area contributed by atoms with Crippen molar-refractivity contribution >= 4 is 29.0 Å². The molecule has 46 valence electrons. The van der Waals surface area contributed by atoms with Crippen LogP contribution in [0.25, 0.3) is 0 Å². The van der Waals surface area contributed by atoms with Crippen LogP contribution in [0.2, 0.25) is 0 Å². The predicted molar refractivity (Wildman–Crippen MR) is 33.2 cm³/mol. The topological polar surface area (TPSA) is 17.1 Å². The number of carbonyl (C=O) groups is 1. The highest BCUT2D eigenvalue weighted by molar-refractivity contribution is 6.60. The number of ketones is 1. The van der Waals surface area contributed by atoms with Gasteiger partial charge in [-0.3, -0.25) is 4.79 Å².